The molecule has 0 aliphatic heterocycles. The summed E-state index contributed by atoms with van der Waals surface area (Å²) in [6.45, 7) is 16.0. The Bertz CT molecular complexity index is 227. The molecular weight excluding hydrogens is 252 g/mol. The molecule has 0 aromatic rings. The molecule has 1 atom stereocenters. The Morgan fingerprint density at radius 1 is 0.810 bits per heavy atom. The van der Waals surface area contributed by atoms with E-state index in [0.29, 0.717) is 5.41 Å². The third kappa shape index (κ3) is 24.8. The molecule has 0 bridgehead atoms. The van der Waals surface area contributed by atoms with Crippen LogP contribution in [0.4, 0.5) is 0 Å². The van der Waals surface area contributed by atoms with Gasteiger partial charge in [-0.25, -0.2) is 0 Å². The number of rotatable bonds is 9. The number of allylic oxidation sites excluding steroid dienone is 4. The van der Waals surface area contributed by atoms with Crippen LogP contribution in [-0.4, -0.2) is 0 Å². The molecule has 0 amide bonds. The lowest BCUT2D eigenvalue weighted by Crippen LogP contribution is -2.05. The Balaban J connectivity index is 0. The molecule has 0 saturated heterocycles. The molecule has 0 heteroatoms. The van der Waals surface area contributed by atoms with Crippen molar-refractivity contribution in [1.82, 2.24) is 0 Å². The zero-order valence-electron chi connectivity index (χ0n) is 16.0. The Labute approximate surface area is 136 Å². The largest absolute Gasteiger partial charge is 0.0848 e. The van der Waals surface area contributed by atoms with E-state index in [1.54, 1.807) is 0 Å². The molecule has 126 valence electrons. The van der Waals surface area contributed by atoms with E-state index in [1.807, 2.05) is 0 Å². The third-order valence-electron chi connectivity index (χ3n) is 3.53. The van der Waals surface area contributed by atoms with Crippen LogP contribution in [0.25, 0.3) is 0 Å². The molecule has 0 aromatic carbocycles. The lowest BCUT2D eigenvalue weighted by molar-refractivity contribution is 0.336. The molecule has 0 saturated carbocycles. The van der Waals surface area contributed by atoms with E-state index < -0.39 is 0 Å². The average molecular weight is 295 g/mol. The van der Waals surface area contributed by atoms with E-state index in [0.717, 1.165) is 18.8 Å². The van der Waals surface area contributed by atoms with Gasteiger partial charge in [0, 0.05) is 0 Å². The maximum Gasteiger partial charge on any atom is -0.0376 e. The first-order chi connectivity index (χ1) is 9.87. The zero-order valence-corrected chi connectivity index (χ0v) is 16.0. The minimum Gasteiger partial charge on any atom is -0.0848 e. The average Bonchev–Trinajstić information content (AvgIpc) is 2.41. The molecule has 0 radical (unpaired) electrons. The second kappa shape index (κ2) is 15.9. The van der Waals surface area contributed by atoms with E-state index in [2.05, 4.69) is 72.8 Å². The number of hydrogen-bond donors (Lipinski definition) is 0. The van der Waals surface area contributed by atoms with Crippen molar-refractivity contribution < 1.29 is 0 Å². The van der Waals surface area contributed by atoms with Gasteiger partial charge < -0.3 is 0 Å². The minimum atomic E-state index is 0.532. The smallest absolute Gasteiger partial charge is 0.0376 e. The van der Waals surface area contributed by atoms with Crippen molar-refractivity contribution in [2.24, 2.45) is 11.3 Å². The summed E-state index contributed by atoms with van der Waals surface area (Å²) in [6, 6.07) is 0. The predicted molar refractivity (Wildman–Crippen MR) is 101 cm³/mol. The summed E-state index contributed by atoms with van der Waals surface area (Å²) in [5.41, 5.74) is 0.532. The van der Waals surface area contributed by atoms with Gasteiger partial charge in [-0.3, -0.25) is 0 Å². The number of unbranched alkanes of at least 4 members (excludes halogenated alkanes) is 1. The summed E-state index contributed by atoms with van der Waals surface area (Å²) in [4.78, 5) is 0. The van der Waals surface area contributed by atoms with Crippen molar-refractivity contribution in [2.45, 2.75) is 99.8 Å². The maximum absolute atomic E-state index is 2.40. The first-order valence-corrected chi connectivity index (χ1v) is 9.19. The highest BCUT2D eigenvalue weighted by Crippen LogP contribution is 2.24. The van der Waals surface area contributed by atoms with Gasteiger partial charge in [0.25, 0.3) is 0 Å². The normalized spacial score (nSPS) is 13.5. The van der Waals surface area contributed by atoms with Crippen molar-refractivity contribution in [3.05, 3.63) is 24.3 Å². The highest BCUT2D eigenvalue weighted by molar-refractivity contribution is 5.01. The second-order valence-corrected chi connectivity index (χ2v) is 7.37. The summed E-state index contributed by atoms with van der Waals surface area (Å²) in [5, 5.41) is 0. The van der Waals surface area contributed by atoms with Crippen LogP contribution < -0.4 is 0 Å². The van der Waals surface area contributed by atoms with Crippen molar-refractivity contribution in [1.29, 1.82) is 0 Å². The fourth-order valence-electron chi connectivity index (χ4n) is 2.11. The molecule has 21 heavy (non-hydrogen) atoms. The first-order valence-electron chi connectivity index (χ1n) is 9.19. The third-order valence-corrected chi connectivity index (χ3v) is 3.53. The first kappa shape index (κ1) is 22.8. The van der Waals surface area contributed by atoms with Crippen LogP contribution in [-0.2, 0) is 0 Å². The van der Waals surface area contributed by atoms with Crippen LogP contribution in [0.1, 0.15) is 99.8 Å². The molecule has 0 aliphatic rings. The van der Waals surface area contributed by atoms with Crippen molar-refractivity contribution in [3.63, 3.8) is 0 Å². The lowest BCUT2D eigenvalue weighted by Gasteiger charge is -2.19. The zero-order chi connectivity index (χ0) is 16.6. The summed E-state index contributed by atoms with van der Waals surface area (Å²) in [5.74, 6) is 0.947. The van der Waals surface area contributed by atoms with Gasteiger partial charge in [-0.05, 0) is 30.6 Å². The molecule has 0 aliphatic carbocycles. The quantitative estimate of drug-likeness (QED) is 0.378. The van der Waals surface area contributed by atoms with Gasteiger partial charge in [-0.2, -0.15) is 0 Å². The van der Waals surface area contributed by atoms with Gasteiger partial charge in [0.05, 0.1) is 0 Å². The molecular formula is C21H42. The summed E-state index contributed by atoms with van der Waals surface area (Å²) in [7, 11) is 0. The molecule has 0 spiro atoms. The van der Waals surface area contributed by atoms with Crippen LogP contribution in [0.2, 0.25) is 0 Å². The van der Waals surface area contributed by atoms with Gasteiger partial charge in [-0.15, -0.1) is 0 Å². The fraction of sp³-hybridized carbons (Fsp3) is 0.810. The van der Waals surface area contributed by atoms with Gasteiger partial charge in [0.15, 0.2) is 0 Å². The highest BCUT2D eigenvalue weighted by atomic mass is 14.2. The lowest BCUT2D eigenvalue weighted by atomic mass is 9.87. The SMILES string of the molecule is CC/C=C/C=C/CC.CCCCC(C)CCCC(C)(C)C. The monoisotopic (exact) mass is 294 g/mol. The summed E-state index contributed by atoms with van der Waals surface area (Å²) < 4.78 is 0. The molecule has 0 rings (SSSR count). The molecule has 0 aromatic heterocycles. The van der Waals surface area contributed by atoms with Crippen LogP contribution in [0.5, 0.6) is 0 Å². The summed E-state index contributed by atoms with van der Waals surface area (Å²) in [6.07, 6.45) is 19.1. The Morgan fingerprint density at radius 2 is 1.29 bits per heavy atom. The van der Waals surface area contributed by atoms with E-state index in [-0.39, 0.29) is 0 Å². The van der Waals surface area contributed by atoms with E-state index in [1.165, 1.54) is 38.5 Å². The molecule has 0 N–H and O–H groups in total. The van der Waals surface area contributed by atoms with Crippen molar-refractivity contribution in [3.8, 4) is 0 Å². The van der Waals surface area contributed by atoms with Crippen LogP contribution in [0, 0.1) is 11.3 Å². The predicted octanol–water partition coefficient (Wildman–Crippen LogP) is 7.95. The maximum atomic E-state index is 2.40. The Kier molecular flexibility index (Phi) is 17.2. The molecule has 0 fully saturated rings. The van der Waals surface area contributed by atoms with Gasteiger partial charge >= 0.3 is 0 Å². The Morgan fingerprint density at radius 3 is 1.67 bits per heavy atom. The van der Waals surface area contributed by atoms with Crippen molar-refractivity contribution >= 4 is 0 Å². The standard InChI is InChI=1S/C13H28.C8H14/c1-6-7-9-12(2)10-8-11-13(3,4)5;1-3-5-7-8-6-4-2/h12H,6-11H2,1-5H3;5-8H,3-4H2,1-2H3/b;7-5+,8-6+. The van der Waals surface area contributed by atoms with Gasteiger partial charge in [-0.1, -0.05) is 105 Å². The second-order valence-electron chi connectivity index (χ2n) is 7.37. The van der Waals surface area contributed by atoms with E-state index >= 15 is 0 Å². The summed E-state index contributed by atoms with van der Waals surface area (Å²) >= 11 is 0. The minimum absolute atomic E-state index is 0.532. The van der Waals surface area contributed by atoms with Crippen LogP contribution >= 0.6 is 0 Å². The Hall–Kier alpha value is -0.520. The van der Waals surface area contributed by atoms with Crippen LogP contribution in [0.3, 0.4) is 0 Å². The van der Waals surface area contributed by atoms with Gasteiger partial charge in [0.2, 0.25) is 0 Å². The van der Waals surface area contributed by atoms with Gasteiger partial charge in [0.1, 0.15) is 0 Å². The van der Waals surface area contributed by atoms with Crippen molar-refractivity contribution in [2.75, 3.05) is 0 Å². The topological polar surface area (TPSA) is 0 Å². The van der Waals surface area contributed by atoms with E-state index in [4.69, 9.17) is 0 Å². The highest BCUT2D eigenvalue weighted by Gasteiger charge is 2.10. The fourth-order valence-corrected chi connectivity index (χ4v) is 2.11. The molecule has 1 unspecified atom stereocenters. The van der Waals surface area contributed by atoms with E-state index in [9.17, 15) is 0 Å². The molecule has 0 heterocycles. The van der Waals surface area contributed by atoms with Crippen LogP contribution in [0.15, 0.2) is 24.3 Å². The molecule has 0 nitrogen and oxygen atoms in total. The number of hydrogen-bond acceptors (Lipinski definition) is 0.